The van der Waals surface area contributed by atoms with Crippen LogP contribution in [-0.4, -0.2) is 37.2 Å². The van der Waals surface area contributed by atoms with E-state index >= 15 is 0 Å². The summed E-state index contributed by atoms with van der Waals surface area (Å²) in [6, 6.07) is 0. The molecule has 0 spiro atoms. The molecule has 0 bridgehead atoms. The average Bonchev–Trinajstić information content (AvgIpc) is 3.22. The molecular weight excluding hydrogens is 721 g/mol. The van der Waals surface area contributed by atoms with Crippen LogP contribution in [0.2, 0.25) is 0 Å². The molecule has 0 aromatic carbocycles. The highest BCUT2D eigenvalue weighted by Gasteiger charge is 2.19. The Kier molecular flexibility index (Phi) is 45.4. The molecule has 0 fully saturated rings. The Morgan fingerprint density at radius 3 is 1.02 bits per heavy atom. The van der Waals surface area contributed by atoms with Crippen LogP contribution in [-0.2, 0) is 28.6 Å². The summed E-state index contributed by atoms with van der Waals surface area (Å²) in [5.74, 6) is -0.894. The minimum atomic E-state index is -0.777. The highest BCUT2D eigenvalue weighted by Crippen LogP contribution is 2.15. The molecule has 58 heavy (non-hydrogen) atoms. The quantitative estimate of drug-likeness (QED) is 0.0264. The largest absolute Gasteiger partial charge is 0.462 e. The van der Waals surface area contributed by atoms with E-state index in [1.165, 1.54) is 128 Å². The van der Waals surface area contributed by atoms with Gasteiger partial charge in [-0.05, 0) is 77.0 Å². The van der Waals surface area contributed by atoms with Gasteiger partial charge in [0, 0.05) is 19.3 Å². The number of hydrogen-bond acceptors (Lipinski definition) is 6. The van der Waals surface area contributed by atoms with Gasteiger partial charge in [-0.2, -0.15) is 0 Å². The van der Waals surface area contributed by atoms with Gasteiger partial charge in [0.05, 0.1) is 0 Å². The molecule has 0 aliphatic carbocycles. The zero-order valence-electron chi connectivity index (χ0n) is 38.6. The maximum Gasteiger partial charge on any atom is 0.306 e. The SMILES string of the molecule is CCCCC/C=C\C/C=C\CCCCCCCC(=O)OC[C@@H](COC(=O)CCCCCCCCCCCCCC)OC(=O)CCCCCCC/C=C\CCCCCC. The summed E-state index contributed by atoms with van der Waals surface area (Å²) in [6.07, 6.45) is 54.0. The van der Waals surface area contributed by atoms with Crippen molar-refractivity contribution in [2.45, 2.75) is 264 Å². The lowest BCUT2D eigenvalue weighted by atomic mass is 10.0. The summed E-state index contributed by atoms with van der Waals surface area (Å²) in [7, 11) is 0. The Labute approximate surface area is 359 Å². The Morgan fingerprint density at radius 1 is 0.345 bits per heavy atom. The molecule has 0 radical (unpaired) electrons. The Morgan fingerprint density at radius 2 is 0.621 bits per heavy atom. The second-order valence-corrected chi connectivity index (χ2v) is 16.7. The minimum absolute atomic E-state index is 0.0775. The van der Waals surface area contributed by atoms with Crippen molar-refractivity contribution in [2.24, 2.45) is 0 Å². The molecule has 0 rings (SSSR count). The molecule has 6 nitrogen and oxygen atoms in total. The number of hydrogen-bond donors (Lipinski definition) is 0. The number of carbonyl (C=O) groups is 3. The van der Waals surface area contributed by atoms with Crippen molar-refractivity contribution in [3.05, 3.63) is 36.5 Å². The maximum absolute atomic E-state index is 12.8. The van der Waals surface area contributed by atoms with E-state index < -0.39 is 6.10 Å². The first-order chi connectivity index (χ1) is 28.5. The molecule has 0 N–H and O–H groups in total. The smallest absolute Gasteiger partial charge is 0.306 e. The summed E-state index contributed by atoms with van der Waals surface area (Å²) >= 11 is 0. The van der Waals surface area contributed by atoms with Crippen molar-refractivity contribution in [3.8, 4) is 0 Å². The fourth-order valence-corrected chi connectivity index (χ4v) is 7.05. The van der Waals surface area contributed by atoms with Gasteiger partial charge in [-0.25, -0.2) is 0 Å². The van der Waals surface area contributed by atoms with Gasteiger partial charge in [-0.15, -0.1) is 0 Å². The summed E-state index contributed by atoms with van der Waals surface area (Å²) in [5, 5.41) is 0. The summed E-state index contributed by atoms with van der Waals surface area (Å²) in [4.78, 5) is 37.9. The second-order valence-electron chi connectivity index (χ2n) is 16.7. The lowest BCUT2D eigenvalue weighted by Crippen LogP contribution is -2.30. The highest BCUT2D eigenvalue weighted by atomic mass is 16.6. The molecule has 0 saturated carbocycles. The first-order valence-corrected chi connectivity index (χ1v) is 25.0. The van der Waals surface area contributed by atoms with Crippen molar-refractivity contribution in [2.75, 3.05) is 13.2 Å². The normalized spacial score (nSPS) is 12.3. The number of ether oxygens (including phenoxy) is 3. The summed E-state index contributed by atoms with van der Waals surface area (Å²) in [6.45, 7) is 6.58. The van der Waals surface area contributed by atoms with E-state index in [0.717, 1.165) is 89.9 Å². The summed E-state index contributed by atoms with van der Waals surface area (Å²) < 4.78 is 16.8. The second kappa shape index (κ2) is 47.3. The zero-order chi connectivity index (χ0) is 42.3. The molecule has 0 aliphatic heterocycles. The standard InChI is InChI=1S/C52H94O6/c1-4-7-10-13-16-19-22-25-26-28-30-33-36-39-42-45-51(54)57-48-49(47-56-50(53)44-41-38-35-32-29-24-21-18-15-12-9-6-3)58-52(55)46-43-40-37-34-31-27-23-20-17-14-11-8-5-2/h16,19-20,23,25-26,49H,4-15,17-18,21-22,24,27-48H2,1-3H3/b19-16-,23-20-,26-25-/t49-/m1/s1. The molecule has 0 saturated heterocycles. The van der Waals surface area contributed by atoms with Crippen LogP contribution >= 0.6 is 0 Å². The topological polar surface area (TPSA) is 78.9 Å². The van der Waals surface area contributed by atoms with Crippen LogP contribution in [0.25, 0.3) is 0 Å². The van der Waals surface area contributed by atoms with E-state index in [-0.39, 0.29) is 31.1 Å². The highest BCUT2D eigenvalue weighted by molar-refractivity contribution is 5.71. The maximum atomic E-state index is 12.8. The predicted octanol–water partition coefficient (Wildman–Crippen LogP) is 16.1. The van der Waals surface area contributed by atoms with Crippen LogP contribution in [0.4, 0.5) is 0 Å². The lowest BCUT2D eigenvalue weighted by Gasteiger charge is -2.18. The van der Waals surface area contributed by atoms with Crippen molar-refractivity contribution in [1.29, 1.82) is 0 Å². The van der Waals surface area contributed by atoms with Crippen LogP contribution < -0.4 is 0 Å². The molecule has 1 atom stereocenters. The van der Waals surface area contributed by atoms with E-state index in [1.807, 2.05) is 0 Å². The number of rotatable bonds is 45. The molecule has 0 aliphatic rings. The van der Waals surface area contributed by atoms with Gasteiger partial charge in [0.25, 0.3) is 0 Å². The first-order valence-electron chi connectivity index (χ1n) is 25.0. The van der Waals surface area contributed by atoms with Gasteiger partial charge in [0.15, 0.2) is 6.10 Å². The first kappa shape index (κ1) is 55.6. The molecule has 338 valence electrons. The molecule has 0 aromatic rings. The van der Waals surface area contributed by atoms with E-state index in [4.69, 9.17) is 14.2 Å². The number of esters is 3. The molecule has 0 unspecified atom stereocenters. The Balaban J connectivity index is 4.39. The van der Waals surface area contributed by atoms with Crippen molar-refractivity contribution >= 4 is 17.9 Å². The summed E-state index contributed by atoms with van der Waals surface area (Å²) in [5.41, 5.74) is 0. The monoisotopic (exact) mass is 815 g/mol. The van der Waals surface area contributed by atoms with E-state index in [0.29, 0.717) is 19.3 Å². The van der Waals surface area contributed by atoms with E-state index in [1.54, 1.807) is 0 Å². The molecule has 0 aromatic heterocycles. The lowest BCUT2D eigenvalue weighted by molar-refractivity contribution is -0.167. The van der Waals surface area contributed by atoms with Gasteiger partial charge in [0.2, 0.25) is 0 Å². The van der Waals surface area contributed by atoms with E-state index in [2.05, 4.69) is 57.2 Å². The number of allylic oxidation sites excluding steroid dienone is 6. The number of unbranched alkanes of at least 4 members (excludes halogenated alkanes) is 28. The third-order valence-electron chi connectivity index (χ3n) is 10.9. The third kappa shape index (κ3) is 44.7. The van der Waals surface area contributed by atoms with Crippen LogP contribution in [0.5, 0.6) is 0 Å². The molecule has 0 heterocycles. The molecule has 0 amide bonds. The van der Waals surface area contributed by atoms with Gasteiger partial charge < -0.3 is 14.2 Å². The fourth-order valence-electron chi connectivity index (χ4n) is 7.05. The van der Waals surface area contributed by atoms with Crippen molar-refractivity contribution in [1.82, 2.24) is 0 Å². The number of carbonyl (C=O) groups excluding carboxylic acids is 3. The average molecular weight is 815 g/mol. The van der Waals surface area contributed by atoms with Gasteiger partial charge in [-0.1, -0.05) is 198 Å². The Bertz CT molecular complexity index is 984. The molecule has 6 heteroatoms. The fraction of sp³-hybridized carbons (Fsp3) is 0.827. The third-order valence-corrected chi connectivity index (χ3v) is 10.9. The van der Waals surface area contributed by atoms with Crippen LogP contribution in [0.15, 0.2) is 36.5 Å². The van der Waals surface area contributed by atoms with E-state index in [9.17, 15) is 14.4 Å². The zero-order valence-corrected chi connectivity index (χ0v) is 38.6. The molecular formula is C52H94O6. The van der Waals surface area contributed by atoms with Gasteiger partial charge in [-0.3, -0.25) is 14.4 Å². The van der Waals surface area contributed by atoms with Crippen LogP contribution in [0.1, 0.15) is 258 Å². The van der Waals surface area contributed by atoms with Gasteiger partial charge >= 0.3 is 17.9 Å². The van der Waals surface area contributed by atoms with Crippen molar-refractivity contribution in [3.63, 3.8) is 0 Å². The van der Waals surface area contributed by atoms with Crippen molar-refractivity contribution < 1.29 is 28.6 Å². The predicted molar refractivity (Wildman–Crippen MR) is 247 cm³/mol. The van der Waals surface area contributed by atoms with Crippen LogP contribution in [0.3, 0.4) is 0 Å². The van der Waals surface area contributed by atoms with Gasteiger partial charge in [0.1, 0.15) is 13.2 Å². The van der Waals surface area contributed by atoms with Crippen LogP contribution in [0, 0.1) is 0 Å². The Hall–Kier alpha value is -2.37. The minimum Gasteiger partial charge on any atom is -0.462 e.